The lowest BCUT2D eigenvalue weighted by atomic mass is 10.0. The molecule has 0 spiro atoms. The summed E-state index contributed by atoms with van der Waals surface area (Å²) < 4.78 is 9.61. The van der Waals surface area contributed by atoms with Crippen LogP contribution in [0.25, 0.3) is 0 Å². The molecular formula is C15H20N2O7. The average molecular weight is 340 g/mol. The molecule has 0 aliphatic heterocycles. The number of carbonyl (C=O) groups excluding carboxylic acids is 2. The van der Waals surface area contributed by atoms with Crippen molar-refractivity contribution in [3.05, 3.63) is 39.9 Å². The number of aliphatic hydroxyl groups is 1. The third-order valence-electron chi connectivity index (χ3n) is 2.89. The molecule has 0 saturated carbocycles. The van der Waals surface area contributed by atoms with Crippen LogP contribution in [0.2, 0.25) is 0 Å². The molecule has 9 nitrogen and oxygen atoms in total. The fourth-order valence-corrected chi connectivity index (χ4v) is 1.81. The van der Waals surface area contributed by atoms with E-state index in [1.54, 1.807) is 20.8 Å². The smallest absolute Gasteiger partial charge is 0.408 e. The summed E-state index contributed by atoms with van der Waals surface area (Å²) >= 11 is 0. The molecule has 0 aliphatic rings. The zero-order valence-electron chi connectivity index (χ0n) is 13.8. The first-order valence-electron chi connectivity index (χ1n) is 7.05. The number of hydrogen-bond acceptors (Lipinski definition) is 7. The summed E-state index contributed by atoms with van der Waals surface area (Å²) in [5, 5.41) is 23.2. The van der Waals surface area contributed by atoms with E-state index in [0.29, 0.717) is 0 Å². The van der Waals surface area contributed by atoms with Crippen molar-refractivity contribution in [2.45, 2.75) is 38.5 Å². The van der Waals surface area contributed by atoms with Crippen molar-refractivity contribution in [2.75, 3.05) is 7.11 Å². The van der Waals surface area contributed by atoms with E-state index < -0.39 is 34.7 Å². The maximum atomic E-state index is 11.8. The molecule has 132 valence electrons. The number of nitro groups is 1. The van der Waals surface area contributed by atoms with Crippen LogP contribution >= 0.6 is 0 Å². The molecule has 0 fully saturated rings. The summed E-state index contributed by atoms with van der Waals surface area (Å²) in [5.74, 6) is -0.883. The number of aliphatic hydroxyl groups excluding tert-OH is 1. The molecule has 0 aliphatic carbocycles. The Balaban J connectivity index is 2.96. The molecule has 0 saturated heterocycles. The Morgan fingerprint density at radius 3 is 2.21 bits per heavy atom. The number of rotatable bonds is 5. The molecule has 2 atom stereocenters. The first-order chi connectivity index (χ1) is 11.0. The highest BCUT2D eigenvalue weighted by molar-refractivity contribution is 5.82. The second-order valence-corrected chi connectivity index (χ2v) is 5.94. The van der Waals surface area contributed by atoms with Crippen molar-refractivity contribution >= 4 is 17.7 Å². The average Bonchev–Trinajstić information content (AvgIpc) is 2.49. The molecule has 0 bridgehead atoms. The molecule has 1 aromatic carbocycles. The second kappa shape index (κ2) is 7.73. The number of nitro benzene ring substituents is 1. The highest BCUT2D eigenvalue weighted by Gasteiger charge is 2.32. The van der Waals surface area contributed by atoms with Crippen LogP contribution in [0.4, 0.5) is 10.5 Å². The lowest BCUT2D eigenvalue weighted by Crippen LogP contribution is -2.47. The molecule has 1 amide bonds. The lowest BCUT2D eigenvalue weighted by Gasteiger charge is -2.25. The van der Waals surface area contributed by atoms with Crippen LogP contribution < -0.4 is 5.32 Å². The van der Waals surface area contributed by atoms with Gasteiger partial charge in [0.15, 0.2) is 6.04 Å². The molecule has 0 unspecified atom stereocenters. The Hall–Kier alpha value is -2.68. The van der Waals surface area contributed by atoms with Gasteiger partial charge < -0.3 is 19.9 Å². The summed E-state index contributed by atoms with van der Waals surface area (Å²) in [7, 11) is 1.11. The van der Waals surface area contributed by atoms with Crippen molar-refractivity contribution in [2.24, 2.45) is 0 Å². The van der Waals surface area contributed by atoms with Gasteiger partial charge in [0.05, 0.1) is 12.0 Å². The van der Waals surface area contributed by atoms with Crippen molar-refractivity contribution in [1.82, 2.24) is 5.32 Å². The molecule has 1 rings (SSSR count). The zero-order chi connectivity index (χ0) is 18.5. The number of nitrogens with one attached hydrogen (secondary N) is 1. The van der Waals surface area contributed by atoms with E-state index in [9.17, 15) is 24.8 Å². The van der Waals surface area contributed by atoms with E-state index in [-0.39, 0.29) is 11.3 Å². The van der Waals surface area contributed by atoms with Gasteiger partial charge in [-0.1, -0.05) is 0 Å². The summed E-state index contributed by atoms with van der Waals surface area (Å²) in [6.07, 6.45) is -2.37. The summed E-state index contributed by atoms with van der Waals surface area (Å²) in [6.45, 7) is 4.94. The van der Waals surface area contributed by atoms with E-state index in [0.717, 1.165) is 7.11 Å². The van der Waals surface area contributed by atoms with Gasteiger partial charge >= 0.3 is 12.1 Å². The fourth-order valence-electron chi connectivity index (χ4n) is 1.81. The SMILES string of the molecule is COC(=O)[C@@H](NC(=O)OC(C)(C)C)[C@@H](O)c1ccc([N+](=O)[O-])cc1. The molecular weight excluding hydrogens is 320 g/mol. The van der Waals surface area contributed by atoms with Crippen LogP contribution in [0.1, 0.15) is 32.4 Å². The van der Waals surface area contributed by atoms with Crippen molar-refractivity contribution in [3.63, 3.8) is 0 Å². The van der Waals surface area contributed by atoms with Crippen molar-refractivity contribution in [1.29, 1.82) is 0 Å². The predicted octanol–water partition coefficient (Wildman–Crippen LogP) is 1.69. The maximum absolute atomic E-state index is 11.8. The van der Waals surface area contributed by atoms with Crippen molar-refractivity contribution in [3.8, 4) is 0 Å². The Morgan fingerprint density at radius 1 is 1.25 bits per heavy atom. The largest absolute Gasteiger partial charge is 0.467 e. The van der Waals surface area contributed by atoms with Crippen LogP contribution in [0.15, 0.2) is 24.3 Å². The number of hydrogen-bond donors (Lipinski definition) is 2. The van der Waals surface area contributed by atoms with Crippen molar-refractivity contribution < 1.29 is 29.1 Å². The predicted molar refractivity (Wildman–Crippen MR) is 83.2 cm³/mol. The number of carbonyl (C=O) groups is 2. The van der Waals surface area contributed by atoms with E-state index in [1.165, 1.54) is 24.3 Å². The molecule has 2 N–H and O–H groups in total. The van der Waals surface area contributed by atoms with E-state index in [2.05, 4.69) is 10.1 Å². The van der Waals surface area contributed by atoms with Gasteiger partial charge in [0.1, 0.15) is 11.7 Å². The molecule has 9 heteroatoms. The van der Waals surface area contributed by atoms with Crippen LogP contribution in [-0.2, 0) is 14.3 Å². The highest BCUT2D eigenvalue weighted by atomic mass is 16.6. The third kappa shape index (κ3) is 5.51. The molecule has 24 heavy (non-hydrogen) atoms. The van der Waals surface area contributed by atoms with Gasteiger partial charge in [-0.2, -0.15) is 0 Å². The molecule has 0 radical (unpaired) electrons. The maximum Gasteiger partial charge on any atom is 0.408 e. The number of nitrogens with zero attached hydrogens (tertiary/aromatic N) is 1. The Morgan fingerprint density at radius 2 is 1.79 bits per heavy atom. The third-order valence-corrected chi connectivity index (χ3v) is 2.89. The minimum absolute atomic E-state index is 0.166. The fraction of sp³-hybridized carbons (Fsp3) is 0.467. The van der Waals surface area contributed by atoms with E-state index >= 15 is 0 Å². The summed E-state index contributed by atoms with van der Waals surface area (Å²) in [5.41, 5.74) is -0.754. The summed E-state index contributed by atoms with van der Waals surface area (Å²) in [4.78, 5) is 33.7. The van der Waals surface area contributed by atoms with Gasteiger partial charge in [-0.25, -0.2) is 9.59 Å². The van der Waals surface area contributed by atoms with Gasteiger partial charge in [0.2, 0.25) is 0 Å². The zero-order valence-corrected chi connectivity index (χ0v) is 13.8. The van der Waals surface area contributed by atoms with Crippen LogP contribution in [0.3, 0.4) is 0 Å². The lowest BCUT2D eigenvalue weighted by molar-refractivity contribution is -0.384. The minimum Gasteiger partial charge on any atom is -0.467 e. The van der Waals surface area contributed by atoms with E-state index in [4.69, 9.17) is 4.74 Å². The Bertz CT molecular complexity index is 607. The Kier molecular flexibility index (Phi) is 6.24. The standard InChI is InChI=1S/C15H20N2O7/c1-15(2,3)24-14(20)16-11(13(19)23-4)12(18)9-5-7-10(8-6-9)17(21)22/h5-8,11-12,18H,1-4H3,(H,16,20)/t11-,12-/m0/s1. The van der Waals surface area contributed by atoms with Crippen LogP contribution in [0, 0.1) is 10.1 Å². The molecule has 0 aromatic heterocycles. The normalized spacial score (nSPS) is 13.5. The molecule has 1 aromatic rings. The number of amides is 1. The highest BCUT2D eigenvalue weighted by Crippen LogP contribution is 2.21. The number of benzene rings is 1. The Labute approximate surface area is 138 Å². The second-order valence-electron chi connectivity index (χ2n) is 5.94. The van der Waals surface area contributed by atoms with Crippen LogP contribution in [0.5, 0.6) is 0 Å². The van der Waals surface area contributed by atoms with Gasteiger partial charge in [-0.3, -0.25) is 10.1 Å². The van der Waals surface area contributed by atoms with Gasteiger partial charge in [-0.05, 0) is 38.5 Å². The number of ether oxygens (including phenoxy) is 2. The number of esters is 1. The topological polar surface area (TPSA) is 128 Å². The van der Waals surface area contributed by atoms with E-state index in [1.807, 2.05) is 0 Å². The first-order valence-corrected chi connectivity index (χ1v) is 7.05. The van der Waals surface area contributed by atoms with Gasteiger partial charge in [0.25, 0.3) is 5.69 Å². The van der Waals surface area contributed by atoms with Gasteiger partial charge in [0, 0.05) is 12.1 Å². The number of non-ortho nitro benzene ring substituents is 1. The monoisotopic (exact) mass is 340 g/mol. The number of alkyl carbamates (subject to hydrolysis) is 1. The quantitative estimate of drug-likeness (QED) is 0.474. The van der Waals surface area contributed by atoms with Gasteiger partial charge in [-0.15, -0.1) is 0 Å². The first kappa shape index (κ1) is 19.4. The summed E-state index contributed by atoms with van der Waals surface area (Å²) in [6, 6.07) is 3.51. The molecule has 0 heterocycles. The van der Waals surface area contributed by atoms with Crippen LogP contribution in [-0.4, -0.2) is 40.8 Å². The number of methoxy groups -OCH3 is 1. The minimum atomic E-state index is -1.47.